The van der Waals surface area contributed by atoms with Crippen LogP contribution in [0, 0.1) is 29.6 Å². The zero-order valence-electron chi connectivity index (χ0n) is 18.8. The van der Waals surface area contributed by atoms with E-state index in [1.165, 1.54) is 11.1 Å². The Balaban J connectivity index is 1.50. The van der Waals surface area contributed by atoms with E-state index in [2.05, 4.69) is 32.1 Å². The third kappa shape index (κ3) is 2.48. The van der Waals surface area contributed by atoms with Crippen LogP contribution in [0.5, 0.6) is 0 Å². The molecule has 1 aromatic heterocycles. The van der Waals surface area contributed by atoms with Crippen LogP contribution in [0.2, 0.25) is 0 Å². The van der Waals surface area contributed by atoms with Crippen LogP contribution in [0.3, 0.4) is 0 Å². The van der Waals surface area contributed by atoms with Crippen LogP contribution in [-0.4, -0.2) is 17.4 Å². The average molecular weight is 421 g/mol. The molecule has 4 nitrogen and oxygen atoms in total. The summed E-state index contributed by atoms with van der Waals surface area (Å²) in [5.74, 6) is 3.29. The third-order valence-electron chi connectivity index (χ3n) is 9.85. The Morgan fingerprint density at radius 2 is 1.90 bits per heavy atom. The van der Waals surface area contributed by atoms with Gasteiger partial charge in [-0.3, -0.25) is 9.59 Å². The average Bonchev–Trinajstić information content (AvgIpc) is 3.41. The minimum absolute atomic E-state index is 0.0264. The molecular weight excluding hydrogens is 388 g/mol. The van der Waals surface area contributed by atoms with Crippen LogP contribution in [-0.2, 0) is 14.3 Å². The van der Waals surface area contributed by atoms with Gasteiger partial charge >= 0.3 is 5.97 Å². The molecule has 4 heteroatoms. The lowest BCUT2D eigenvalue weighted by Crippen LogP contribution is -2.52. The summed E-state index contributed by atoms with van der Waals surface area (Å²) in [5.41, 5.74) is 2.43. The zero-order valence-corrected chi connectivity index (χ0v) is 18.8. The Morgan fingerprint density at radius 3 is 2.61 bits per heavy atom. The molecule has 0 bridgehead atoms. The lowest BCUT2D eigenvalue weighted by molar-refractivity contribution is -0.160. The second kappa shape index (κ2) is 6.24. The molecule has 1 saturated heterocycles. The number of allylic oxidation sites excluding steroid dienone is 4. The second-order valence-corrected chi connectivity index (χ2v) is 11.1. The van der Waals surface area contributed by atoms with E-state index in [-0.39, 0.29) is 34.1 Å². The molecule has 164 valence electrons. The van der Waals surface area contributed by atoms with E-state index in [1.54, 1.807) is 0 Å². The molecule has 4 aliphatic carbocycles. The minimum atomic E-state index is -0.306. The lowest BCUT2D eigenvalue weighted by atomic mass is 9.48. The molecular formula is C27H32O4. The number of carbonyl (C=O) groups is 2. The number of ether oxygens (including phenoxy) is 1. The minimum Gasteiger partial charge on any atom is -0.466 e. The van der Waals surface area contributed by atoms with Crippen molar-refractivity contribution in [2.45, 2.75) is 83.7 Å². The Labute approximate surface area is 184 Å². The van der Waals surface area contributed by atoms with Gasteiger partial charge in [0.05, 0.1) is 0 Å². The Kier molecular flexibility index (Phi) is 3.94. The fourth-order valence-electron chi connectivity index (χ4n) is 8.08. The molecule has 31 heavy (non-hydrogen) atoms. The summed E-state index contributed by atoms with van der Waals surface area (Å²) in [7, 11) is 0. The predicted molar refractivity (Wildman–Crippen MR) is 116 cm³/mol. The van der Waals surface area contributed by atoms with Crippen molar-refractivity contribution >= 4 is 11.8 Å². The molecule has 2 saturated carbocycles. The van der Waals surface area contributed by atoms with Gasteiger partial charge in [-0.2, -0.15) is 0 Å². The summed E-state index contributed by atoms with van der Waals surface area (Å²) in [5, 5.41) is 0. The van der Waals surface area contributed by atoms with Crippen molar-refractivity contribution in [2.24, 2.45) is 22.7 Å². The number of hydrogen-bond acceptors (Lipinski definition) is 4. The van der Waals surface area contributed by atoms with Gasteiger partial charge in [-0.05, 0) is 75.5 Å². The molecule has 1 spiro atoms. The molecule has 6 atom stereocenters. The van der Waals surface area contributed by atoms with Crippen molar-refractivity contribution in [3.63, 3.8) is 0 Å². The predicted octanol–water partition coefficient (Wildman–Crippen LogP) is 5.81. The van der Waals surface area contributed by atoms with Crippen LogP contribution >= 0.6 is 0 Å². The highest BCUT2D eigenvalue weighted by molar-refractivity contribution is 5.92. The Hall–Kier alpha value is -2.10. The maximum atomic E-state index is 12.3. The van der Waals surface area contributed by atoms with Gasteiger partial charge < -0.3 is 9.15 Å². The molecule has 0 N–H and O–H groups in total. The molecule has 2 heterocycles. The summed E-state index contributed by atoms with van der Waals surface area (Å²) in [6, 6.07) is 4.20. The Bertz CT molecular complexity index is 1040. The first-order valence-electron chi connectivity index (χ1n) is 12.0. The highest BCUT2D eigenvalue weighted by atomic mass is 16.6. The quantitative estimate of drug-likeness (QED) is 0.425. The number of furan rings is 1. The highest BCUT2D eigenvalue weighted by Gasteiger charge is 2.66. The van der Waals surface area contributed by atoms with Crippen molar-refractivity contribution in [3.05, 3.63) is 47.0 Å². The largest absolute Gasteiger partial charge is 0.466 e. The van der Waals surface area contributed by atoms with Gasteiger partial charge in [-0.25, -0.2) is 0 Å². The number of ketones is 1. The third-order valence-corrected chi connectivity index (χ3v) is 9.85. The van der Waals surface area contributed by atoms with E-state index >= 15 is 0 Å². The summed E-state index contributed by atoms with van der Waals surface area (Å²) in [6.45, 7) is 6.74. The number of rotatable bonds is 1. The van der Waals surface area contributed by atoms with Crippen molar-refractivity contribution in [2.75, 3.05) is 0 Å². The molecule has 0 radical (unpaired) electrons. The first kappa shape index (κ1) is 19.6. The molecule has 1 aromatic rings. The second-order valence-electron chi connectivity index (χ2n) is 11.1. The van der Waals surface area contributed by atoms with Crippen LogP contribution < -0.4 is 0 Å². The monoisotopic (exact) mass is 420 g/mol. The van der Waals surface area contributed by atoms with Gasteiger partial charge in [0.1, 0.15) is 17.1 Å². The van der Waals surface area contributed by atoms with E-state index in [9.17, 15) is 9.59 Å². The maximum absolute atomic E-state index is 12.3. The van der Waals surface area contributed by atoms with E-state index in [1.807, 2.05) is 13.0 Å². The molecule has 0 aromatic carbocycles. The zero-order chi connectivity index (χ0) is 21.6. The lowest BCUT2D eigenvalue weighted by Gasteiger charge is -2.56. The van der Waals surface area contributed by atoms with E-state index in [0.29, 0.717) is 24.7 Å². The summed E-state index contributed by atoms with van der Waals surface area (Å²) < 4.78 is 12.3. The first-order chi connectivity index (χ1) is 14.8. The van der Waals surface area contributed by atoms with Crippen LogP contribution in [0.4, 0.5) is 0 Å². The fraction of sp³-hybridized carbons (Fsp3) is 0.630. The van der Waals surface area contributed by atoms with Crippen molar-refractivity contribution in [1.82, 2.24) is 0 Å². The van der Waals surface area contributed by atoms with Crippen molar-refractivity contribution in [1.29, 1.82) is 0 Å². The Morgan fingerprint density at radius 1 is 1.06 bits per heavy atom. The van der Waals surface area contributed by atoms with Gasteiger partial charge in [-0.15, -0.1) is 0 Å². The normalized spacial score (nSPS) is 43.8. The standard InChI is InChI=1S/C27H32O4/c1-16-4-5-22(30-16)19-15-17-14-18(28)6-10-25(17,2)20-7-11-26(3)21(24(19)20)8-12-27(26)13-9-23(29)31-27/h4-5,7,14,19,21,24H,6,8-13,15H2,1-3H3/t19-,21-,24+,25?,26-,27+/m0/s1. The smallest absolute Gasteiger partial charge is 0.306 e. The molecule has 3 fully saturated rings. The van der Waals surface area contributed by atoms with Gasteiger partial charge in [0.15, 0.2) is 5.78 Å². The number of aryl methyl sites for hydroxylation is 1. The molecule has 5 aliphatic rings. The van der Waals surface area contributed by atoms with Crippen molar-refractivity contribution < 1.29 is 18.7 Å². The van der Waals surface area contributed by atoms with Gasteiger partial charge in [0.25, 0.3) is 0 Å². The SMILES string of the molecule is Cc1ccc([C@@H]2CC3=CC(=O)CCC3(C)C3=CC[C@@]4(C)[C@@H](CC[C@@]45CCC(=O)O5)[C@@H]32)o1. The van der Waals surface area contributed by atoms with Crippen LogP contribution in [0.25, 0.3) is 0 Å². The van der Waals surface area contributed by atoms with Crippen LogP contribution in [0.1, 0.15) is 82.7 Å². The highest BCUT2D eigenvalue weighted by Crippen LogP contribution is 2.70. The maximum Gasteiger partial charge on any atom is 0.306 e. The summed E-state index contributed by atoms with van der Waals surface area (Å²) in [6.07, 6.45) is 11.3. The molecule has 0 amide bonds. The fourth-order valence-corrected chi connectivity index (χ4v) is 8.08. The van der Waals surface area contributed by atoms with E-state index in [4.69, 9.17) is 9.15 Å². The molecule has 1 unspecified atom stereocenters. The van der Waals surface area contributed by atoms with E-state index in [0.717, 1.165) is 50.0 Å². The number of carbonyl (C=O) groups excluding carboxylic acids is 2. The van der Waals surface area contributed by atoms with Gasteiger partial charge in [0.2, 0.25) is 0 Å². The summed E-state index contributed by atoms with van der Waals surface area (Å²) >= 11 is 0. The molecule has 1 aliphatic heterocycles. The van der Waals surface area contributed by atoms with Crippen LogP contribution in [0.15, 0.2) is 39.8 Å². The van der Waals surface area contributed by atoms with Crippen molar-refractivity contribution in [3.8, 4) is 0 Å². The first-order valence-corrected chi connectivity index (χ1v) is 12.0. The number of esters is 1. The van der Waals surface area contributed by atoms with Gasteiger partial charge in [0, 0.05) is 29.6 Å². The number of fused-ring (bicyclic) bond motifs is 6. The van der Waals surface area contributed by atoms with E-state index < -0.39 is 0 Å². The summed E-state index contributed by atoms with van der Waals surface area (Å²) in [4.78, 5) is 24.5. The number of hydrogen-bond donors (Lipinski definition) is 0. The molecule has 6 rings (SSSR count). The topological polar surface area (TPSA) is 56.5 Å². The van der Waals surface area contributed by atoms with Gasteiger partial charge in [-0.1, -0.05) is 31.1 Å².